The minimum Gasteiger partial charge on any atom is -0.480 e. The van der Waals surface area contributed by atoms with Gasteiger partial charge in [-0.2, -0.15) is 0 Å². The summed E-state index contributed by atoms with van der Waals surface area (Å²) in [6, 6.07) is 4.29. The number of likely N-dealkylation sites (N-methyl/N-ethyl adjacent to an activating group) is 1. The second-order valence-corrected chi connectivity index (χ2v) is 5.67. The molecule has 0 aliphatic carbocycles. The molecular formula is C15H19N3O5. The number of hydrogen-bond donors (Lipinski definition) is 2. The van der Waals surface area contributed by atoms with E-state index in [1.807, 2.05) is 11.9 Å². The topological polar surface area (TPSA) is 113 Å². The van der Waals surface area contributed by atoms with Crippen LogP contribution in [0.4, 0.5) is 5.69 Å². The predicted molar refractivity (Wildman–Crippen MR) is 82.0 cm³/mol. The van der Waals surface area contributed by atoms with Crippen LogP contribution in [0.3, 0.4) is 0 Å². The number of non-ortho nitro benzene ring substituents is 1. The molecule has 1 aliphatic rings. The van der Waals surface area contributed by atoms with Crippen molar-refractivity contribution in [2.45, 2.75) is 31.3 Å². The zero-order valence-corrected chi connectivity index (χ0v) is 12.8. The number of likely N-dealkylation sites (tertiary alicyclic amines) is 1. The maximum absolute atomic E-state index is 12.2. The molecule has 0 saturated carbocycles. The van der Waals surface area contributed by atoms with E-state index in [4.69, 9.17) is 0 Å². The van der Waals surface area contributed by atoms with E-state index in [1.54, 1.807) is 0 Å². The molecular weight excluding hydrogens is 302 g/mol. The van der Waals surface area contributed by atoms with E-state index in [1.165, 1.54) is 24.3 Å². The molecule has 1 aliphatic heterocycles. The van der Waals surface area contributed by atoms with Crippen LogP contribution in [0.5, 0.6) is 0 Å². The average Bonchev–Trinajstić information content (AvgIpc) is 2.93. The molecule has 8 nitrogen and oxygen atoms in total. The Morgan fingerprint density at radius 1 is 1.43 bits per heavy atom. The van der Waals surface area contributed by atoms with Gasteiger partial charge in [-0.1, -0.05) is 12.1 Å². The summed E-state index contributed by atoms with van der Waals surface area (Å²) in [4.78, 5) is 35.6. The van der Waals surface area contributed by atoms with Crippen LogP contribution in [-0.2, 0) is 16.0 Å². The summed E-state index contributed by atoms with van der Waals surface area (Å²) in [6.07, 6.45) is 1.70. The number of amides is 1. The van der Waals surface area contributed by atoms with Gasteiger partial charge in [-0.25, -0.2) is 4.79 Å². The quantitative estimate of drug-likeness (QED) is 0.592. The second kappa shape index (κ2) is 7.19. The van der Waals surface area contributed by atoms with Crippen molar-refractivity contribution in [1.29, 1.82) is 0 Å². The first-order valence-corrected chi connectivity index (χ1v) is 7.35. The van der Waals surface area contributed by atoms with Crippen LogP contribution < -0.4 is 5.32 Å². The van der Waals surface area contributed by atoms with Gasteiger partial charge in [0.05, 0.1) is 11.0 Å². The summed E-state index contributed by atoms with van der Waals surface area (Å²) < 4.78 is 0. The van der Waals surface area contributed by atoms with Gasteiger partial charge in [0.15, 0.2) is 0 Å². The first-order chi connectivity index (χ1) is 10.9. The summed E-state index contributed by atoms with van der Waals surface area (Å²) in [5.41, 5.74) is 0.556. The number of carbonyl (C=O) groups is 2. The average molecular weight is 321 g/mol. The van der Waals surface area contributed by atoms with E-state index >= 15 is 0 Å². The first-order valence-electron chi connectivity index (χ1n) is 7.35. The molecule has 23 heavy (non-hydrogen) atoms. The van der Waals surface area contributed by atoms with Crippen molar-refractivity contribution in [2.75, 3.05) is 13.6 Å². The van der Waals surface area contributed by atoms with E-state index in [-0.39, 0.29) is 24.1 Å². The van der Waals surface area contributed by atoms with Gasteiger partial charge in [-0.15, -0.1) is 0 Å². The number of rotatable bonds is 6. The third-order valence-corrected chi connectivity index (χ3v) is 4.02. The lowest BCUT2D eigenvalue weighted by Crippen LogP contribution is -2.49. The highest BCUT2D eigenvalue weighted by Crippen LogP contribution is 2.16. The van der Waals surface area contributed by atoms with Gasteiger partial charge in [0.1, 0.15) is 6.04 Å². The summed E-state index contributed by atoms with van der Waals surface area (Å²) in [5.74, 6) is -1.42. The van der Waals surface area contributed by atoms with Crippen molar-refractivity contribution in [2.24, 2.45) is 0 Å². The molecule has 2 atom stereocenters. The van der Waals surface area contributed by atoms with Crippen molar-refractivity contribution >= 4 is 17.6 Å². The van der Waals surface area contributed by atoms with Crippen LogP contribution in [0.1, 0.15) is 18.4 Å². The van der Waals surface area contributed by atoms with Crippen LogP contribution >= 0.6 is 0 Å². The molecule has 124 valence electrons. The Morgan fingerprint density at radius 3 is 2.57 bits per heavy atom. The molecule has 1 aromatic carbocycles. The minimum absolute atomic E-state index is 0.0581. The fourth-order valence-corrected chi connectivity index (χ4v) is 2.70. The first kappa shape index (κ1) is 16.9. The largest absolute Gasteiger partial charge is 0.480 e. The van der Waals surface area contributed by atoms with Crippen LogP contribution in [0.25, 0.3) is 0 Å². The maximum atomic E-state index is 12.2. The summed E-state index contributed by atoms with van der Waals surface area (Å²) in [5, 5.41) is 22.5. The van der Waals surface area contributed by atoms with E-state index in [0.717, 1.165) is 13.0 Å². The van der Waals surface area contributed by atoms with Gasteiger partial charge in [-0.3, -0.25) is 19.8 Å². The predicted octanol–water partition coefficient (Wildman–Crippen LogP) is 0.801. The summed E-state index contributed by atoms with van der Waals surface area (Å²) in [7, 11) is 1.84. The fourth-order valence-electron chi connectivity index (χ4n) is 2.70. The van der Waals surface area contributed by atoms with E-state index in [2.05, 4.69) is 5.32 Å². The normalized spacial score (nSPS) is 19.3. The van der Waals surface area contributed by atoms with Crippen LogP contribution in [0.2, 0.25) is 0 Å². The number of nitrogens with one attached hydrogen (secondary N) is 1. The third kappa shape index (κ3) is 4.26. The highest BCUT2D eigenvalue weighted by molar-refractivity contribution is 5.87. The molecule has 1 aromatic rings. The molecule has 0 radical (unpaired) electrons. The molecule has 0 aromatic heterocycles. The van der Waals surface area contributed by atoms with Crippen molar-refractivity contribution in [1.82, 2.24) is 10.2 Å². The molecule has 8 heteroatoms. The van der Waals surface area contributed by atoms with E-state index < -0.39 is 16.9 Å². The number of nitrogens with zero attached hydrogens (tertiary/aromatic N) is 2. The van der Waals surface area contributed by atoms with Crippen LogP contribution in [0, 0.1) is 10.1 Å². The van der Waals surface area contributed by atoms with Gasteiger partial charge in [0.2, 0.25) is 5.91 Å². The number of aliphatic carboxylic acids is 1. The minimum atomic E-state index is -1.13. The lowest BCUT2D eigenvalue weighted by molar-refractivity contribution is -0.384. The zero-order chi connectivity index (χ0) is 17.0. The Balaban J connectivity index is 2.02. The number of carboxylic acid groups (broad SMARTS) is 1. The maximum Gasteiger partial charge on any atom is 0.326 e. The van der Waals surface area contributed by atoms with Crippen molar-refractivity contribution in [3.05, 3.63) is 39.9 Å². The standard InChI is InChI=1S/C15H19N3O5/c1-17-8-2-3-13(17)14(19)16-12(15(20)21)9-10-4-6-11(7-5-10)18(22)23/h4-7,12-13H,2-3,8-9H2,1H3,(H,16,19)(H,20,21)/t12-,13-/m0/s1. The molecule has 2 rings (SSSR count). The summed E-state index contributed by atoms with van der Waals surface area (Å²) in [6.45, 7) is 0.818. The van der Waals surface area contributed by atoms with Crippen LogP contribution in [-0.4, -0.2) is 52.5 Å². The van der Waals surface area contributed by atoms with Crippen molar-refractivity contribution in [3.8, 4) is 0 Å². The number of nitro groups is 1. The molecule has 2 N–H and O–H groups in total. The fraction of sp³-hybridized carbons (Fsp3) is 0.467. The molecule has 0 bridgehead atoms. The molecule has 1 fully saturated rings. The smallest absolute Gasteiger partial charge is 0.326 e. The molecule has 0 spiro atoms. The number of carboxylic acids is 1. The van der Waals surface area contributed by atoms with Crippen LogP contribution in [0.15, 0.2) is 24.3 Å². The van der Waals surface area contributed by atoms with E-state index in [9.17, 15) is 24.8 Å². The number of carbonyl (C=O) groups excluding carboxylic acids is 1. The van der Waals surface area contributed by atoms with Crippen molar-refractivity contribution in [3.63, 3.8) is 0 Å². The number of benzene rings is 1. The number of nitro benzene ring substituents is 1. The lowest BCUT2D eigenvalue weighted by atomic mass is 10.0. The molecule has 1 heterocycles. The lowest BCUT2D eigenvalue weighted by Gasteiger charge is -2.21. The van der Waals surface area contributed by atoms with Gasteiger partial charge >= 0.3 is 5.97 Å². The van der Waals surface area contributed by atoms with E-state index in [0.29, 0.717) is 12.0 Å². The van der Waals surface area contributed by atoms with Gasteiger partial charge in [0.25, 0.3) is 5.69 Å². The van der Waals surface area contributed by atoms with Gasteiger partial charge in [0, 0.05) is 18.6 Å². The Hall–Kier alpha value is -2.48. The molecule has 1 amide bonds. The highest BCUT2D eigenvalue weighted by atomic mass is 16.6. The third-order valence-electron chi connectivity index (χ3n) is 4.02. The Bertz CT molecular complexity index is 602. The zero-order valence-electron chi connectivity index (χ0n) is 12.8. The Morgan fingerprint density at radius 2 is 2.09 bits per heavy atom. The van der Waals surface area contributed by atoms with Gasteiger partial charge in [-0.05, 0) is 32.0 Å². The highest BCUT2D eigenvalue weighted by Gasteiger charge is 2.30. The summed E-state index contributed by atoms with van der Waals surface area (Å²) >= 11 is 0. The Labute approximate surface area is 133 Å². The second-order valence-electron chi connectivity index (χ2n) is 5.67. The SMILES string of the molecule is CN1CCC[C@H]1C(=O)N[C@@H](Cc1ccc([N+](=O)[O-])cc1)C(=O)O. The Kier molecular flexibility index (Phi) is 5.28. The monoisotopic (exact) mass is 321 g/mol. The van der Waals surface area contributed by atoms with Gasteiger partial charge < -0.3 is 10.4 Å². The molecule has 0 unspecified atom stereocenters. The van der Waals surface area contributed by atoms with Crippen molar-refractivity contribution < 1.29 is 19.6 Å². The number of hydrogen-bond acceptors (Lipinski definition) is 5. The molecule has 1 saturated heterocycles.